The Morgan fingerprint density at radius 1 is 1.08 bits per heavy atom. The lowest BCUT2D eigenvalue weighted by Crippen LogP contribution is -2.23. The number of hydrogen-bond donors (Lipinski definition) is 1. The largest absolute Gasteiger partial charge is 0.465 e. The van der Waals surface area contributed by atoms with Crippen LogP contribution in [-0.4, -0.2) is 43.1 Å². The molecule has 5 nitrogen and oxygen atoms in total. The number of thioether (sulfide) groups is 1. The van der Waals surface area contributed by atoms with Gasteiger partial charge in [0.2, 0.25) is 5.91 Å². The number of hydrogen-bond acceptors (Lipinski definition) is 5. The summed E-state index contributed by atoms with van der Waals surface area (Å²) in [6.07, 6.45) is 5.12. The average Bonchev–Trinajstić information content (AvgIpc) is 2.85. The van der Waals surface area contributed by atoms with Gasteiger partial charge in [-0.1, -0.05) is 12.8 Å². The van der Waals surface area contributed by atoms with Gasteiger partial charge in [0, 0.05) is 24.5 Å². The Morgan fingerprint density at radius 3 is 2.38 bits per heavy atom. The van der Waals surface area contributed by atoms with Crippen LogP contribution in [0.4, 0.5) is 11.4 Å². The van der Waals surface area contributed by atoms with E-state index in [-0.39, 0.29) is 23.4 Å². The summed E-state index contributed by atoms with van der Waals surface area (Å²) in [5.74, 6) is 0.0610. The van der Waals surface area contributed by atoms with Crippen molar-refractivity contribution in [3.05, 3.63) is 24.3 Å². The molecule has 0 unspecified atom stereocenters. The Kier molecular flexibility index (Phi) is 7.95. The molecule has 0 saturated carbocycles. The van der Waals surface area contributed by atoms with Gasteiger partial charge >= 0.3 is 5.97 Å². The molecule has 0 bridgehead atoms. The van der Waals surface area contributed by atoms with E-state index in [4.69, 9.17) is 4.74 Å². The van der Waals surface area contributed by atoms with Crippen LogP contribution in [0.1, 0.15) is 32.6 Å². The number of amides is 1. The smallest absolute Gasteiger partial charge is 0.315 e. The molecule has 1 N–H and O–H groups in total. The summed E-state index contributed by atoms with van der Waals surface area (Å²) in [7, 11) is 0. The second-order valence-electron chi connectivity index (χ2n) is 5.79. The monoisotopic (exact) mass is 350 g/mol. The van der Waals surface area contributed by atoms with Crippen LogP contribution >= 0.6 is 11.8 Å². The van der Waals surface area contributed by atoms with Gasteiger partial charge in [-0.2, -0.15) is 0 Å². The molecule has 0 spiro atoms. The van der Waals surface area contributed by atoms with Gasteiger partial charge in [0.05, 0.1) is 18.1 Å². The average molecular weight is 350 g/mol. The SMILES string of the molecule is CCOC(=O)CSCC(=O)Nc1ccc(N2CCCCCC2)cc1. The molecule has 6 heteroatoms. The quantitative estimate of drug-likeness (QED) is 0.765. The second-order valence-corrected chi connectivity index (χ2v) is 6.78. The van der Waals surface area contributed by atoms with Crippen molar-refractivity contribution in [3.8, 4) is 0 Å². The Bertz CT molecular complexity index is 526. The maximum atomic E-state index is 11.9. The van der Waals surface area contributed by atoms with E-state index >= 15 is 0 Å². The fraction of sp³-hybridized carbons (Fsp3) is 0.556. The van der Waals surface area contributed by atoms with E-state index in [2.05, 4.69) is 22.3 Å². The minimum atomic E-state index is -0.280. The highest BCUT2D eigenvalue weighted by atomic mass is 32.2. The van der Waals surface area contributed by atoms with E-state index in [0.29, 0.717) is 6.61 Å². The van der Waals surface area contributed by atoms with Gasteiger partial charge < -0.3 is 15.0 Å². The number of rotatable bonds is 7. The Morgan fingerprint density at radius 2 is 1.75 bits per heavy atom. The molecule has 1 aromatic carbocycles. The van der Waals surface area contributed by atoms with Gasteiger partial charge in [-0.25, -0.2) is 0 Å². The highest BCUT2D eigenvalue weighted by molar-refractivity contribution is 8.00. The van der Waals surface area contributed by atoms with Crippen molar-refractivity contribution in [1.29, 1.82) is 0 Å². The summed E-state index contributed by atoms with van der Waals surface area (Å²) in [6.45, 7) is 4.35. The summed E-state index contributed by atoms with van der Waals surface area (Å²) in [5.41, 5.74) is 2.00. The number of carbonyl (C=O) groups is 2. The van der Waals surface area contributed by atoms with Gasteiger partial charge in [0.1, 0.15) is 0 Å². The predicted molar refractivity (Wildman–Crippen MR) is 99.7 cm³/mol. The second kappa shape index (κ2) is 10.2. The summed E-state index contributed by atoms with van der Waals surface area (Å²) < 4.78 is 4.83. The first-order valence-corrected chi connectivity index (χ1v) is 9.72. The van der Waals surface area contributed by atoms with Crippen molar-refractivity contribution in [2.45, 2.75) is 32.6 Å². The topological polar surface area (TPSA) is 58.6 Å². The van der Waals surface area contributed by atoms with Crippen molar-refractivity contribution in [2.75, 3.05) is 41.4 Å². The number of carbonyl (C=O) groups excluding carboxylic acids is 2. The van der Waals surface area contributed by atoms with Gasteiger partial charge in [-0.15, -0.1) is 11.8 Å². The molecule has 0 aromatic heterocycles. The molecule has 1 amide bonds. The summed E-state index contributed by atoms with van der Waals surface area (Å²) >= 11 is 1.26. The lowest BCUT2D eigenvalue weighted by molar-refractivity contribution is -0.139. The zero-order valence-electron chi connectivity index (χ0n) is 14.3. The van der Waals surface area contributed by atoms with Crippen LogP contribution in [0.2, 0.25) is 0 Å². The zero-order valence-corrected chi connectivity index (χ0v) is 15.1. The van der Waals surface area contributed by atoms with E-state index in [1.165, 1.54) is 43.1 Å². The molecule has 1 aliphatic rings. The molecule has 1 saturated heterocycles. The molecule has 2 rings (SSSR count). The van der Waals surface area contributed by atoms with E-state index in [9.17, 15) is 9.59 Å². The van der Waals surface area contributed by atoms with Crippen LogP contribution in [0.3, 0.4) is 0 Å². The Labute approximate surface area is 148 Å². The molecule has 1 fully saturated rings. The van der Waals surface area contributed by atoms with E-state index < -0.39 is 0 Å². The van der Waals surface area contributed by atoms with Gasteiger partial charge in [0.15, 0.2) is 0 Å². The molecule has 0 aliphatic carbocycles. The van der Waals surface area contributed by atoms with Crippen molar-refractivity contribution < 1.29 is 14.3 Å². The fourth-order valence-electron chi connectivity index (χ4n) is 2.71. The fourth-order valence-corrected chi connectivity index (χ4v) is 3.32. The lowest BCUT2D eigenvalue weighted by Gasteiger charge is -2.22. The van der Waals surface area contributed by atoms with Crippen LogP contribution in [0.5, 0.6) is 0 Å². The van der Waals surface area contributed by atoms with E-state index in [1.54, 1.807) is 6.92 Å². The van der Waals surface area contributed by atoms with Crippen molar-refractivity contribution in [3.63, 3.8) is 0 Å². The van der Waals surface area contributed by atoms with Crippen LogP contribution in [0.25, 0.3) is 0 Å². The number of nitrogens with zero attached hydrogens (tertiary/aromatic N) is 1. The van der Waals surface area contributed by atoms with Crippen LogP contribution in [0, 0.1) is 0 Å². The van der Waals surface area contributed by atoms with Crippen molar-refractivity contribution in [2.24, 2.45) is 0 Å². The highest BCUT2D eigenvalue weighted by Gasteiger charge is 2.10. The van der Waals surface area contributed by atoms with E-state index in [1.807, 2.05) is 12.1 Å². The molecule has 24 heavy (non-hydrogen) atoms. The van der Waals surface area contributed by atoms with Crippen molar-refractivity contribution in [1.82, 2.24) is 0 Å². The van der Waals surface area contributed by atoms with Gasteiger partial charge in [-0.05, 0) is 44.0 Å². The predicted octanol–water partition coefficient (Wildman–Crippen LogP) is 3.30. The van der Waals surface area contributed by atoms with Crippen molar-refractivity contribution >= 4 is 35.0 Å². The third kappa shape index (κ3) is 6.43. The highest BCUT2D eigenvalue weighted by Crippen LogP contribution is 2.21. The first kappa shape index (κ1) is 18.6. The number of nitrogens with one attached hydrogen (secondary N) is 1. The van der Waals surface area contributed by atoms with E-state index in [0.717, 1.165) is 18.8 Å². The molecule has 1 heterocycles. The first-order chi connectivity index (χ1) is 11.7. The summed E-state index contributed by atoms with van der Waals surface area (Å²) in [5, 5.41) is 2.86. The lowest BCUT2D eigenvalue weighted by atomic mass is 10.2. The first-order valence-electron chi connectivity index (χ1n) is 8.57. The number of benzene rings is 1. The minimum absolute atomic E-state index is 0.105. The Hall–Kier alpha value is -1.69. The van der Waals surface area contributed by atoms with Gasteiger partial charge in [-0.3, -0.25) is 9.59 Å². The van der Waals surface area contributed by atoms with Crippen LogP contribution < -0.4 is 10.2 Å². The van der Waals surface area contributed by atoms with Crippen LogP contribution in [-0.2, 0) is 14.3 Å². The molecule has 1 aromatic rings. The standard InChI is InChI=1S/C18H26N2O3S/c1-2-23-18(22)14-24-13-17(21)19-15-7-9-16(10-8-15)20-11-5-3-4-6-12-20/h7-10H,2-6,11-14H2,1H3,(H,19,21). The molecule has 0 atom stereocenters. The number of esters is 1. The molecule has 132 valence electrons. The normalized spacial score (nSPS) is 14.8. The molecular formula is C18H26N2O3S. The Balaban J connectivity index is 1.76. The van der Waals surface area contributed by atoms with Gasteiger partial charge in [0.25, 0.3) is 0 Å². The minimum Gasteiger partial charge on any atom is -0.465 e. The number of anilines is 2. The number of ether oxygens (including phenoxy) is 1. The molecular weight excluding hydrogens is 324 g/mol. The third-order valence-corrected chi connectivity index (χ3v) is 4.79. The summed E-state index contributed by atoms with van der Waals surface area (Å²) in [4.78, 5) is 25.5. The molecule has 1 aliphatic heterocycles. The third-order valence-electron chi connectivity index (χ3n) is 3.88. The van der Waals surface area contributed by atoms with Crippen LogP contribution in [0.15, 0.2) is 24.3 Å². The maximum absolute atomic E-state index is 11.9. The summed E-state index contributed by atoms with van der Waals surface area (Å²) in [6, 6.07) is 8.00. The maximum Gasteiger partial charge on any atom is 0.315 e. The molecule has 0 radical (unpaired) electrons. The zero-order chi connectivity index (χ0) is 17.2.